The number of nitrogens with zero attached hydrogens (tertiary/aromatic N) is 3. The van der Waals surface area contributed by atoms with Crippen LogP contribution in [0.25, 0.3) is 10.9 Å². The first-order valence-electron chi connectivity index (χ1n) is 9.72. The average molecular weight is 470 g/mol. The first-order chi connectivity index (χ1) is 14.5. The van der Waals surface area contributed by atoms with E-state index in [4.69, 9.17) is 9.47 Å². The number of halogens is 1. The van der Waals surface area contributed by atoms with Crippen molar-refractivity contribution in [2.45, 2.75) is 26.7 Å². The maximum Gasteiger partial charge on any atom is 0.282 e. The number of aryl methyl sites for hydroxylation is 1. The summed E-state index contributed by atoms with van der Waals surface area (Å²) in [5.74, 6) is 1.90. The quantitative estimate of drug-likeness (QED) is 0.353. The standard InChI is InChI=1S/C23H24BrN3O3/c1-5-8-16-11-15(12-20(30-7-3)22(16)29-4)14-25-27-21(6-2)26-19-10-9-17(24)13-18(19)23(27)28/h5,9-14H,1,6-8H2,2-4H3. The number of aromatic nitrogens is 2. The molecule has 0 fully saturated rings. The molecule has 0 aliphatic carbocycles. The van der Waals surface area contributed by atoms with Crippen molar-refractivity contribution in [1.82, 2.24) is 9.66 Å². The number of benzene rings is 2. The summed E-state index contributed by atoms with van der Waals surface area (Å²) in [5, 5.41) is 4.97. The number of allylic oxidation sites excluding steroid dienone is 1. The Labute approximate surface area is 184 Å². The third-order valence-corrected chi connectivity index (χ3v) is 5.03. The van der Waals surface area contributed by atoms with Gasteiger partial charge in [-0.25, -0.2) is 4.98 Å². The fraction of sp³-hybridized carbons (Fsp3) is 0.261. The monoisotopic (exact) mass is 469 g/mol. The van der Waals surface area contributed by atoms with Gasteiger partial charge < -0.3 is 9.47 Å². The van der Waals surface area contributed by atoms with E-state index in [1.807, 2.05) is 38.1 Å². The SMILES string of the molecule is C=CCc1cc(C=Nn2c(CC)nc3ccc(Br)cc3c2=O)cc(OCC)c1OC. The Morgan fingerprint density at radius 2 is 2.07 bits per heavy atom. The number of hydrogen-bond donors (Lipinski definition) is 0. The van der Waals surface area contributed by atoms with E-state index in [1.165, 1.54) is 4.68 Å². The van der Waals surface area contributed by atoms with Crippen LogP contribution >= 0.6 is 15.9 Å². The highest BCUT2D eigenvalue weighted by molar-refractivity contribution is 9.10. The van der Waals surface area contributed by atoms with Gasteiger partial charge in [0.05, 0.1) is 30.8 Å². The predicted octanol–water partition coefficient (Wildman–Crippen LogP) is 4.74. The summed E-state index contributed by atoms with van der Waals surface area (Å²) in [6, 6.07) is 9.26. The largest absolute Gasteiger partial charge is 0.493 e. The highest BCUT2D eigenvalue weighted by Gasteiger charge is 2.13. The first-order valence-corrected chi connectivity index (χ1v) is 10.5. The Bertz CT molecular complexity index is 1170. The summed E-state index contributed by atoms with van der Waals surface area (Å²) in [7, 11) is 1.62. The molecule has 6 nitrogen and oxygen atoms in total. The minimum absolute atomic E-state index is 0.209. The van der Waals surface area contributed by atoms with Crippen LogP contribution in [-0.4, -0.2) is 29.6 Å². The highest BCUT2D eigenvalue weighted by atomic mass is 79.9. The maximum atomic E-state index is 13.1. The predicted molar refractivity (Wildman–Crippen MR) is 124 cm³/mol. The van der Waals surface area contributed by atoms with Crippen LogP contribution in [0.4, 0.5) is 0 Å². The number of ether oxygens (including phenoxy) is 2. The lowest BCUT2D eigenvalue weighted by molar-refractivity contribution is 0.309. The van der Waals surface area contributed by atoms with Gasteiger partial charge in [-0.15, -0.1) is 6.58 Å². The van der Waals surface area contributed by atoms with Crippen molar-refractivity contribution < 1.29 is 9.47 Å². The second-order valence-corrected chi connectivity index (χ2v) is 7.46. The molecule has 1 heterocycles. The summed E-state index contributed by atoms with van der Waals surface area (Å²) in [4.78, 5) is 17.7. The topological polar surface area (TPSA) is 65.7 Å². The van der Waals surface area contributed by atoms with E-state index in [1.54, 1.807) is 25.5 Å². The van der Waals surface area contributed by atoms with E-state index in [2.05, 4.69) is 32.6 Å². The van der Waals surface area contributed by atoms with Crippen LogP contribution in [0, 0.1) is 0 Å². The molecule has 0 saturated carbocycles. The highest BCUT2D eigenvalue weighted by Crippen LogP contribution is 2.33. The zero-order valence-corrected chi connectivity index (χ0v) is 18.9. The Morgan fingerprint density at radius 1 is 1.27 bits per heavy atom. The van der Waals surface area contributed by atoms with Crippen LogP contribution in [-0.2, 0) is 12.8 Å². The summed E-state index contributed by atoms with van der Waals surface area (Å²) < 4.78 is 13.4. The van der Waals surface area contributed by atoms with Gasteiger partial charge in [0, 0.05) is 16.5 Å². The molecule has 0 atom stereocenters. The Balaban J connectivity index is 2.13. The van der Waals surface area contributed by atoms with Gasteiger partial charge in [0.25, 0.3) is 5.56 Å². The number of fused-ring (bicyclic) bond motifs is 1. The lowest BCUT2D eigenvalue weighted by Gasteiger charge is -2.14. The van der Waals surface area contributed by atoms with Crippen molar-refractivity contribution in [3.63, 3.8) is 0 Å². The van der Waals surface area contributed by atoms with Crippen LogP contribution in [0.1, 0.15) is 30.8 Å². The molecular formula is C23H24BrN3O3. The molecule has 0 bridgehead atoms. The van der Waals surface area contributed by atoms with Crippen molar-refractivity contribution in [3.05, 3.63) is 74.8 Å². The van der Waals surface area contributed by atoms with Gasteiger partial charge in [0.2, 0.25) is 0 Å². The smallest absolute Gasteiger partial charge is 0.282 e. The molecule has 0 spiro atoms. The zero-order valence-electron chi connectivity index (χ0n) is 17.3. The number of rotatable bonds is 8. The third kappa shape index (κ3) is 4.46. The second-order valence-electron chi connectivity index (χ2n) is 6.54. The van der Waals surface area contributed by atoms with Crippen molar-refractivity contribution in [2.24, 2.45) is 5.10 Å². The Morgan fingerprint density at radius 3 is 2.73 bits per heavy atom. The second kappa shape index (κ2) is 9.71. The lowest BCUT2D eigenvalue weighted by Crippen LogP contribution is -2.22. The van der Waals surface area contributed by atoms with Crippen LogP contribution in [0.2, 0.25) is 0 Å². The number of methoxy groups -OCH3 is 1. The molecule has 0 amide bonds. The van der Waals surface area contributed by atoms with Gasteiger partial charge >= 0.3 is 0 Å². The van der Waals surface area contributed by atoms with E-state index >= 15 is 0 Å². The molecule has 0 aliphatic heterocycles. The van der Waals surface area contributed by atoms with E-state index in [0.29, 0.717) is 47.7 Å². The molecule has 0 saturated heterocycles. The van der Waals surface area contributed by atoms with Crippen molar-refractivity contribution in [1.29, 1.82) is 0 Å². The molecule has 1 aromatic heterocycles. The van der Waals surface area contributed by atoms with Crippen molar-refractivity contribution in [2.75, 3.05) is 13.7 Å². The Kier molecular flexibility index (Phi) is 7.05. The molecule has 0 radical (unpaired) electrons. The summed E-state index contributed by atoms with van der Waals surface area (Å²) in [5.41, 5.74) is 2.17. The zero-order chi connectivity index (χ0) is 21.7. The molecular weight excluding hydrogens is 446 g/mol. The fourth-order valence-corrected chi connectivity index (χ4v) is 3.59. The van der Waals surface area contributed by atoms with Crippen molar-refractivity contribution >= 4 is 33.0 Å². The van der Waals surface area contributed by atoms with Crippen LogP contribution < -0.4 is 15.0 Å². The molecule has 7 heteroatoms. The van der Waals surface area contributed by atoms with Gasteiger partial charge in [-0.2, -0.15) is 9.78 Å². The van der Waals surface area contributed by atoms with Crippen LogP contribution in [0.5, 0.6) is 11.5 Å². The molecule has 3 rings (SSSR count). The summed E-state index contributed by atoms with van der Waals surface area (Å²) >= 11 is 3.41. The number of hydrogen-bond acceptors (Lipinski definition) is 5. The molecule has 156 valence electrons. The maximum absolute atomic E-state index is 13.1. The minimum Gasteiger partial charge on any atom is -0.493 e. The molecule has 0 unspecified atom stereocenters. The molecule has 30 heavy (non-hydrogen) atoms. The van der Waals surface area contributed by atoms with E-state index < -0.39 is 0 Å². The van der Waals surface area contributed by atoms with Crippen LogP contribution in [0.3, 0.4) is 0 Å². The minimum atomic E-state index is -0.209. The molecule has 2 aromatic carbocycles. The molecule has 0 N–H and O–H groups in total. The van der Waals surface area contributed by atoms with E-state index in [-0.39, 0.29) is 5.56 Å². The fourth-order valence-electron chi connectivity index (χ4n) is 3.23. The van der Waals surface area contributed by atoms with E-state index in [0.717, 1.165) is 15.6 Å². The van der Waals surface area contributed by atoms with Gasteiger partial charge in [0.1, 0.15) is 5.82 Å². The van der Waals surface area contributed by atoms with Crippen LogP contribution in [0.15, 0.2) is 57.4 Å². The molecule has 3 aromatic rings. The van der Waals surface area contributed by atoms with Gasteiger partial charge in [-0.05, 0) is 49.2 Å². The van der Waals surface area contributed by atoms with Gasteiger partial charge in [0.15, 0.2) is 11.5 Å². The van der Waals surface area contributed by atoms with Gasteiger partial charge in [-0.1, -0.05) is 28.9 Å². The third-order valence-electron chi connectivity index (χ3n) is 4.54. The Hall–Kier alpha value is -2.93. The summed E-state index contributed by atoms with van der Waals surface area (Å²) in [6.07, 6.45) is 4.64. The van der Waals surface area contributed by atoms with Crippen molar-refractivity contribution in [3.8, 4) is 11.5 Å². The molecule has 0 aliphatic rings. The lowest BCUT2D eigenvalue weighted by atomic mass is 10.1. The first kappa shape index (κ1) is 21.8. The van der Waals surface area contributed by atoms with E-state index in [9.17, 15) is 4.79 Å². The average Bonchev–Trinajstić information content (AvgIpc) is 2.74. The van der Waals surface area contributed by atoms with Gasteiger partial charge in [-0.3, -0.25) is 4.79 Å². The normalized spacial score (nSPS) is 11.2. The summed E-state index contributed by atoms with van der Waals surface area (Å²) in [6.45, 7) is 8.18.